The van der Waals surface area contributed by atoms with E-state index in [9.17, 15) is 9.59 Å². The molecule has 3 heterocycles. The first-order chi connectivity index (χ1) is 14.2. The highest BCUT2D eigenvalue weighted by Crippen LogP contribution is 2.13. The molecule has 2 aromatic heterocycles. The number of imidazole rings is 1. The number of rotatable bonds is 6. The fourth-order valence-electron chi connectivity index (χ4n) is 3.43. The van der Waals surface area contributed by atoms with E-state index < -0.39 is 0 Å². The number of aromatic nitrogens is 2. The van der Waals surface area contributed by atoms with E-state index in [4.69, 9.17) is 0 Å². The van der Waals surface area contributed by atoms with E-state index >= 15 is 0 Å². The zero-order valence-corrected chi connectivity index (χ0v) is 16.1. The normalized spacial score (nSPS) is 14.1. The maximum Gasteiger partial charge on any atom is 0.323 e. The van der Waals surface area contributed by atoms with Crippen molar-refractivity contribution < 1.29 is 9.59 Å². The number of carbonyl (C=O) groups excluding carboxylic acids is 2. The van der Waals surface area contributed by atoms with Crippen LogP contribution in [0.4, 0.5) is 16.2 Å². The van der Waals surface area contributed by atoms with Crippen molar-refractivity contribution in [1.82, 2.24) is 19.6 Å². The molecule has 1 fully saturated rings. The molecular weight excluding hydrogens is 368 g/mol. The summed E-state index contributed by atoms with van der Waals surface area (Å²) in [5, 5.41) is 8.49. The van der Waals surface area contributed by atoms with Crippen molar-refractivity contribution in [3.05, 3.63) is 60.6 Å². The van der Waals surface area contributed by atoms with Gasteiger partial charge in [0.15, 0.2) is 0 Å². The molecule has 0 bridgehead atoms. The molecule has 0 saturated carbocycles. The fourth-order valence-corrected chi connectivity index (χ4v) is 3.43. The van der Waals surface area contributed by atoms with Gasteiger partial charge >= 0.3 is 6.03 Å². The zero-order valence-electron chi connectivity index (χ0n) is 16.1. The van der Waals surface area contributed by atoms with Gasteiger partial charge in [0.2, 0.25) is 0 Å². The van der Waals surface area contributed by atoms with Crippen molar-refractivity contribution in [2.45, 2.75) is 12.8 Å². The Hall–Kier alpha value is -3.39. The molecule has 3 N–H and O–H groups in total. The van der Waals surface area contributed by atoms with Gasteiger partial charge in [-0.25, -0.2) is 9.78 Å². The summed E-state index contributed by atoms with van der Waals surface area (Å²) in [6.45, 7) is 3.77. The molecule has 3 aromatic rings. The standard InChI is InChI=1S/C21H24N6O2/c28-20(23-9-13-26-11-1-2-12-26)16-3-5-17(6-4-16)24-21(29)25-18-7-8-19-22-10-14-27(19)15-18/h3-8,10,14-15H,1-2,9,11-13H2,(H,23,28)(H2,24,25,29). The number of pyridine rings is 1. The minimum Gasteiger partial charge on any atom is -0.351 e. The zero-order chi connectivity index (χ0) is 20.1. The molecule has 1 saturated heterocycles. The molecule has 1 aliphatic rings. The molecule has 150 valence electrons. The van der Waals surface area contributed by atoms with Crippen LogP contribution in [0.2, 0.25) is 0 Å². The number of hydrogen-bond acceptors (Lipinski definition) is 4. The summed E-state index contributed by atoms with van der Waals surface area (Å²) in [4.78, 5) is 31.0. The maximum atomic E-state index is 12.2. The number of fused-ring (bicyclic) bond motifs is 1. The highest BCUT2D eigenvalue weighted by atomic mass is 16.2. The lowest BCUT2D eigenvalue weighted by Crippen LogP contribution is -2.33. The van der Waals surface area contributed by atoms with Crippen LogP contribution in [0.1, 0.15) is 23.2 Å². The highest BCUT2D eigenvalue weighted by Gasteiger charge is 2.12. The number of hydrogen-bond donors (Lipinski definition) is 3. The monoisotopic (exact) mass is 392 g/mol. The first-order valence-corrected chi connectivity index (χ1v) is 9.79. The minimum atomic E-state index is -0.354. The summed E-state index contributed by atoms with van der Waals surface area (Å²) in [5.74, 6) is -0.103. The quantitative estimate of drug-likeness (QED) is 0.602. The molecule has 0 aliphatic carbocycles. The van der Waals surface area contributed by atoms with Crippen LogP contribution >= 0.6 is 0 Å². The summed E-state index contributed by atoms with van der Waals surface area (Å²) >= 11 is 0. The SMILES string of the molecule is O=C(Nc1ccc(C(=O)NCCN2CCCC2)cc1)Nc1ccc2nccn2c1. The maximum absolute atomic E-state index is 12.2. The van der Waals surface area contributed by atoms with Gasteiger partial charge in [0.05, 0.1) is 5.69 Å². The number of amides is 3. The van der Waals surface area contributed by atoms with E-state index in [0.29, 0.717) is 23.5 Å². The van der Waals surface area contributed by atoms with Crippen LogP contribution in [0.25, 0.3) is 5.65 Å². The number of likely N-dealkylation sites (tertiary alicyclic amines) is 1. The van der Waals surface area contributed by atoms with Gasteiger partial charge in [-0.1, -0.05) is 0 Å². The van der Waals surface area contributed by atoms with Gasteiger partial charge in [-0.2, -0.15) is 0 Å². The molecular formula is C21H24N6O2. The summed E-state index contributed by atoms with van der Waals surface area (Å²) in [5.41, 5.74) is 2.65. The van der Waals surface area contributed by atoms with Crippen LogP contribution in [0.5, 0.6) is 0 Å². The Balaban J connectivity index is 1.26. The predicted molar refractivity (Wildman–Crippen MR) is 112 cm³/mol. The van der Waals surface area contributed by atoms with Crippen LogP contribution in [0, 0.1) is 0 Å². The van der Waals surface area contributed by atoms with Gasteiger partial charge in [0.25, 0.3) is 5.91 Å². The fraction of sp³-hybridized carbons (Fsp3) is 0.286. The molecule has 0 radical (unpaired) electrons. The Kier molecular flexibility index (Phi) is 5.71. The lowest BCUT2D eigenvalue weighted by molar-refractivity contribution is 0.0950. The summed E-state index contributed by atoms with van der Waals surface area (Å²) in [6.07, 6.45) is 7.79. The Bertz CT molecular complexity index is 992. The lowest BCUT2D eigenvalue weighted by atomic mass is 10.2. The number of carbonyl (C=O) groups is 2. The molecule has 29 heavy (non-hydrogen) atoms. The predicted octanol–water partition coefficient (Wildman–Crippen LogP) is 2.80. The van der Waals surface area contributed by atoms with Crippen molar-refractivity contribution in [2.24, 2.45) is 0 Å². The average Bonchev–Trinajstić information content (AvgIpc) is 3.40. The van der Waals surface area contributed by atoms with Crippen molar-refractivity contribution in [3.8, 4) is 0 Å². The van der Waals surface area contributed by atoms with Crippen molar-refractivity contribution >= 4 is 29.0 Å². The van der Waals surface area contributed by atoms with Crippen molar-refractivity contribution in [2.75, 3.05) is 36.8 Å². The average molecular weight is 392 g/mol. The van der Waals surface area contributed by atoms with Gasteiger partial charge < -0.3 is 25.3 Å². The number of nitrogens with one attached hydrogen (secondary N) is 3. The number of nitrogens with zero attached hydrogens (tertiary/aromatic N) is 3. The second-order valence-corrected chi connectivity index (χ2v) is 7.07. The minimum absolute atomic E-state index is 0.103. The van der Waals surface area contributed by atoms with Crippen LogP contribution in [0.3, 0.4) is 0 Å². The van der Waals surface area contributed by atoms with E-state index in [-0.39, 0.29) is 11.9 Å². The van der Waals surface area contributed by atoms with Crippen molar-refractivity contribution in [3.63, 3.8) is 0 Å². The van der Waals surface area contributed by atoms with Crippen LogP contribution in [0.15, 0.2) is 55.0 Å². The summed E-state index contributed by atoms with van der Waals surface area (Å²) in [7, 11) is 0. The van der Waals surface area contributed by atoms with E-state index in [0.717, 1.165) is 25.3 Å². The Morgan fingerprint density at radius 1 is 0.966 bits per heavy atom. The highest BCUT2D eigenvalue weighted by molar-refractivity contribution is 6.00. The Morgan fingerprint density at radius 3 is 2.48 bits per heavy atom. The van der Waals surface area contributed by atoms with Crippen LogP contribution < -0.4 is 16.0 Å². The van der Waals surface area contributed by atoms with E-state index in [1.165, 1.54) is 12.8 Å². The van der Waals surface area contributed by atoms with Gasteiger partial charge in [0, 0.05) is 42.9 Å². The molecule has 4 rings (SSSR count). The molecule has 8 heteroatoms. The van der Waals surface area contributed by atoms with Crippen LogP contribution in [-0.2, 0) is 0 Å². The molecule has 1 aromatic carbocycles. The van der Waals surface area contributed by atoms with Gasteiger partial charge in [0.1, 0.15) is 5.65 Å². The number of urea groups is 1. The second-order valence-electron chi connectivity index (χ2n) is 7.07. The molecule has 1 aliphatic heterocycles. The third-order valence-electron chi connectivity index (χ3n) is 4.96. The smallest absolute Gasteiger partial charge is 0.323 e. The Morgan fingerprint density at radius 2 is 1.69 bits per heavy atom. The van der Waals surface area contributed by atoms with Gasteiger partial charge in [-0.05, 0) is 62.3 Å². The second kappa shape index (κ2) is 8.74. The molecule has 0 atom stereocenters. The molecule has 3 amide bonds. The number of benzene rings is 1. The lowest BCUT2D eigenvalue weighted by Gasteiger charge is -2.14. The van der Waals surface area contributed by atoms with E-state index in [1.807, 2.05) is 16.7 Å². The molecule has 0 unspecified atom stereocenters. The molecule has 8 nitrogen and oxygen atoms in total. The van der Waals surface area contributed by atoms with Crippen LogP contribution in [-0.4, -0.2) is 52.4 Å². The topological polar surface area (TPSA) is 90.8 Å². The first kappa shape index (κ1) is 18.9. The third-order valence-corrected chi connectivity index (χ3v) is 4.96. The third kappa shape index (κ3) is 4.91. The summed E-state index contributed by atoms with van der Waals surface area (Å²) < 4.78 is 1.83. The first-order valence-electron chi connectivity index (χ1n) is 9.79. The van der Waals surface area contributed by atoms with Gasteiger partial charge in [-0.3, -0.25) is 4.79 Å². The van der Waals surface area contributed by atoms with Gasteiger partial charge in [-0.15, -0.1) is 0 Å². The van der Waals surface area contributed by atoms with Crippen molar-refractivity contribution in [1.29, 1.82) is 0 Å². The number of anilines is 2. The Labute approximate surface area is 168 Å². The summed E-state index contributed by atoms with van der Waals surface area (Å²) in [6, 6.07) is 10.1. The van der Waals surface area contributed by atoms with E-state index in [1.54, 1.807) is 42.7 Å². The van der Waals surface area contributed by atoms with E-state index in [2.05, 4.69) is 25.8 Å². The molecule has 0 spiro atoms. The largest absolute Gasteiger partial charge is 0.351 e.